The summed E-state index contributed by atoms with van der Waals surface area (Å²) in [6, 6.07) is 7.74. The van der Waals surface area contributed by atoms with Crippen molar-refractivity contribution >= 4 is 11.5 Å². The van der Waals surface area contributed by atoms with E-state index in [-0.39, 0.29) is 0 Å². The van der Waals surface area contributed by atoms with Crippen molar-refractivity contribution in [3.63, 3.8) is 0 Å². The molecule has 5 heteroatoms. The largest absolute Gasteiger partial charge is 0.481 e. The monoisotopic (exact) mass is 244 g/mol. The fraction of sp³-hybridized carbons (Fsp3) is 0.231. The molecule has 0 spiro atoms. The summed E-state index contributed by atoms with van der Waals surface area (Å²) in [6.45, 7) is 2.53. The van der Waals surface area contributed by atoms with Crippen LogP contribution in [0.3, 0.4) is 0 Å². The average Bonchev–Trinajstić information content (AvgIpc) is 2.39. The van der Waals surface area contributed by atoms with Crippen molar-refractivity contribution in [2.24, 2.45) is 0 Å². The van der Waals surface area contributed by atoms with E-state index in [9.17, 15) is 0 Å². The Morgan fingerprint density at radius 1 is 1.28 bits per heavy atom. The minimum atomic E-state index is 0.577. The maximum Gasteiger partial charge on any atom is 0.221 e. The van der Waals surface area contributed by atoms with Crippen LogP contribution in [-0.4, -0.2) is 17.1 Å². The van der Waals surface area contributed by atoms with E-state index in [4.69, 9.17) is 10.5 Å². The van der Waals surface area contributed by atoms with E-state index >= 15 is 0 Å². The fourth-order valence-electron chi connectivity index (χ4n) is 1.69. The molecule has 2 aromatic rings. The van der Waals surface area contributed by atoms with Gasteiger partial charge in [0, 0.05) is 12.2 Å². The maximum atomic E-state index is 5.88. The summed E-state index contributed by atoms with van der Waals surface area (Å²) in [4.78, 5) is 8.22. The topological polar surface area (TPSA) is 73.1 Å². The molecule has 18 heavy (non-hydrogen) atoms. The van der Waals surface area contributed by atoms with Gasteiger partial charge in [0.1, 0.15) is 12.1 Å². The number of hydrogen-bond donors (Lipinski definition) is 2. The van der Waals surface area contributed by atoms with Gasteiger partial charge in [-0.25, -0.2) is 9.97 Å². The third-order valence-corrected chi connectivity index (χ3v) is 2.73. The molecule has 5 nitrogen and oxygen atoms in total. The molecule has 0 amide bonds. The van der Waals surface area contributed by atoms with Gasteiger partial charge in [-0.05, 0) is 18.6 Å². The predicted molar refractivity (Wildman–Crippen MR) is 71.5 cm³/mol. The lowest BCUT2D eigenvalue weighted by molar-refractivity contribution is 0.393. The molecule has 3 N–H and O–H groups in total. The second kappa shape index (κ2) is 5.35. The number of nitrogens with two attached hydrogens (primary N) is 1. The highest BCUT2D eigenvalue weighted by Crippen LogP contribution is 2.21. The van der Waals surface area contributed by atoms with Crippen molar-refractivity contribution in [3.8, 4) is 5.88 Å². The lowest BCUT2D eigenvalue weighted by atomic mass is 10.2. The first-order chi connectivity index (χ1) is 8.72. The summed E-state index contributed by atoms with van der Waals surface area (Å²) in [5.74, 6) is 1.33. The SMILES string of the molecule is COc1ncnc(NCc2ccccc2N)c1C. The Hall–Kier alpha value is -2.30. The summed E-state index contributed by atoms with van der Waals surface area (Å²) in [5, 5.41) is 3.23. The molecule has 0 saturated heterocycles. The lowest BCUT2D eigenvalue weighted by Gasteiger charge is -2.11. The minimum absolute atomic E-state index is 0.577. The Bertz CT molecular complexity index is 542. The highest BCUT2D eigenvalue weighted by molar-refractivity contribution is 5.51. The molecule has 0 fully saturated rings. The standard InChI is InChI=1S/C13H16N4O/c1-9-12(16-8-17-13(9)18-2)15-7-10-5-3-4-6-11(10)14/h3-6,8H,7,14H2,1-2H3,(H,15,16,17). The summed E-state index contributed by atoms with van der Waals surface area (Å²) in [7, 11) is 1.59. The van der Waals surface area contributed by atoms with E-state index in [0.29, 0.717) is 12.4 Å². The van der Waals surface area contributed by atoms with Gasteiger partial charge in [-0.15, -0.1) is 0 Å². The quantitative estimate of drug-likeness (QED) is 0.805. The molecule has 0 aliphatic carbocycles. The van der Waals surface area contributed by atoms with Gasteiger partial charge in [-0.2, -0.15) is 0 Å². The second-order valence-corrected chi connectivity index (χ2v) is 3.91. The Morgan fingerprint density at radius 3 is 2.78 bits per heavy atom. The van der Waals surface area contributed by atoms with Gasteiger partial charge in [-0.1, -0.05) is 18.2 Å². The number of hydrogen-bond acceptors (Lipinski definition) is 5. The number of aromatic nitrogens is 2. The van der Waals surface area contributed by atoms with E-state index in [0.717, 1.165) is 22.6 Å². The van der Waals surface area contributed by atoms with Gasteiger partial charge in [-0.3, -0.25) is 0 Å². The molecule has 0 atom stereocenters. The molecule has 0 saturated carbocycles. The molecule has 94 valence electrons. The van der Waals surface area contributed by atoms with Crippen LogP contribution < -0.4 is 15.8 Å². The van der Waals surface area contributed by atoms with Gasteiger partial charge in [0.15, 0.2) is 0 Å². The van der Waals surface area contributed by atoms with Crippen molar-refractivity contribution in [1.82, 2.24) is 9.97 Å². The summed E-state index contributed by atoms with van der Waals surface area (Å²) in [5.41, 5.74) is 8.57. The van der Waals surface area contributed by atoms with E-state index in [1.165, 1.54) is 6.33 Å². The van der Waals surface area contributed by atoms with Crippen molar-refractivity contribution in [2.75, 3.05) is 18.2 Å². The number of methoxy groups -OCH3 is 1. The van der Waals surface area contributed by atoms with Crippen LogP contribution in [-0.2, 0) is 6.54 Å². The fourth-order valence-corrected chi connectivity index (χ4v) is 1.69. The molecule has 0 radical (unpaired) electrons. The zero-order chi connectivity index (χ0) is 13.0. The molecule has 0 aliphatic heterocycles. The van der Waals surface area contributed by atoms with Crippen LogP contribution in [0.25, 0.3) is 0 Å². The molecule has 1 heterocycles. The molecule has 0 unspecified atom stereocenters. The number of benzene rings is 1. The van der Waals surface area contributed by atoms with Gasteiger partial charge < -0.3 is 15.8 Å². The number of nitrogens with one attached hydrogen (secondary N) is 1. The Kier molecular flexibility index (Phi) is 3.62. The van der Waals surface area contributed by atoms with E-state index in [1.54, 1.807) is 7.11 Å². The predicted octanol–water partition coefficient (Wildman–Crippen LogP) is 1.99. The van der Waals surface area contributed by atoms with Crippen LogP contribution >= 0.6 is 0 Å². The maximum absolute atomic E-state index is 5.88. The van der Waals surface area contributed by atoms with E-state index < -0.39 is 0 Å². The van der Waals surface area contributed by atoms with Gasteiger partial charge >= 0.3 is 0 Å². The van der Waals surface area contributed by atoms with Crippen LogP contribution in [0, 0.1) is 6.92 Å². The van der Waals surface area contributed by atoms with Gasteiger partial charge in [0.25, 0.3) is 0 Å². The van der Waals surface area contributed by atoms with Gasteiger partial charge in [0.05, 0.1) is 12.7 Å². The second-order valence-electron chi connectivity index (χ2n) is 3.91. The average molecular weight is 244 g/mol. The smallest absolute Gasteiger partial charge is 0.221 e. The first-order valence-electron chi connectivity index (χ1n) is 5.65. The third kappa shape index (κ3) is 2.51. The molecule has 2 rings (SSSR count). The highest BCUT2D eigenvalue weighted by Gasteiger charge is 2.07. The number of anilines is 2. The molecule has 0 bridgehead atoms. The molecule has 1 aromatic carbocycles. The van der Waals surface area contributed by atoms with Crippen LogP contribution in [0.1, 0.15) is 11.1 Å². The van der Waals surface area contributed by atoms with Crippen LogP contribution in [0.2, 0.25) is 0 Å². The zero-order valence-electron chi connectivity index (χ0n) is 10.5. The van der Waals surface area contributed by atoms with Crippen LogP contribution in [0.5, 0.6) is 5.88 Å². The molecular formula is C13H16N4O. The van der Waals surface area contributed by atoms with Gasteiger partial charge in [0.2, 0.25) is 5.88 Å². The number of para-hydroxylation sites is 1. The molecule has 1 aromatic heterocycles. The molecule has 0 aliphatic rings. The number of rotatable bonds is 4. The Morgan fingerprint density at radius 2 is 2.06 bits per heavy atom. The molecular weight excluding hydrogens is 228 g/mol. The Labute approximate surface area is 106 Å². The summed E-state index contributed by atoms with van der Waals surface area (Å²) >= 11 is 0. The van der Waals surface area contributed by atoms with Crippen molar-refractivity contribution in [2.45, 2.75) is 13.5 Å². The first-order valence-corrected chi connectivity index (χ1v) is 5.65. The van der Waals surface area contributed by atoms with Crippen molar-refractivity contribution in [1.29, 1.82) is 0 Å². The van der Waals surface area contributed by atoms with Crippen molar-refractivity contribution < 1.29 is 4.74 Å². The Balaban J connectivity index is 2.14. The van der Waals surface area contributed by atoms with Crippen LogP contribution in [0.4, 0.5) is 11.5 Å². The number of ether oxygens (including phenoxy) is 1. The summed E-state index contributed by atoms with van der Waals surface area (Å²) < 4.78 is 5.15. The minimum Gasteiger partial charge on any atom is -0.481 e. The third-order valence-electron chi connectivity index (χ3n) is 2.73. The zero-order valence-corrected chi connectivity index (χ0v) is 10.5. The van der Waals surface area contributed by atoms with E-state index in [1.807, 2.05) is 31.2 Å². The summed E-state index contributed by atoms with van der Waals surface area (Å²) in [6.07, 6.45) is 1.47. The normalized spacial score (nSPS) is 10.1. The number of nitrogen functional groups attached to an aromatic ring is 1. The highest BCUT2D eigenvalue weighted by atomic mass is 16.5. The first kappa shape index (κ1) is 12.2. The van der Waals surface area contributed by atoms with Crippen molar-refractivity contribution in [3.05, 3.63) is 41.7 Å². The number of nitrogens with zero attached hydrogens (tertiary/aromatic N) is 2. The lowest BCUT2D eigenvalue weighted by Crippen LogP contribution is -2.06. The van der Waals surface area contributed by atoms with Crippen LogP contribution in [0.15, 0.2) is 30.6 Å². The van der Waals surface area contributed by atoms with E-state index in [2.05, 4.69) is 15.3 Å².